The van der Waals surface area contributed by atoms with Crippen molar-refractivity contribution in [3.8, 4) is 0 Å². The van der Waals surface area contributed by atoms with Crippen LogP contribution >= 0.6 is 0 Å². The van der Waals surface area contributed by atoms with Gasteiger partial charge in [-0.15, -0.1) is 0 Å². The molecule has 8 nitrogen and oxygen atoms in total. The molecular formula is C16H25N3O5S. The lowest BCUT2D eigenvalue weighted by molar-refractivity contribution is 0.0660. The number of carbonyl (C=O) groups excluding carboxylic acids is 1. The van der Waals surface area contributed by atoms with Gasteiger partial charge in [0.2, 0.25) is 15.8 Å². The van der Waals surface area contributed by atoms with Crippen LogP contribution < -0.4 is 0 Å². The lowest BCUT2D eigenvalue weighted by atomic mass is 10.1. The molecule has 0 N–H and O–H groups in total. The lowest BCUT2D eigenvalue weighted by Gasteiger charge is -2.36. The van der Waals surface area contributed by atoms with Crippen LogP contribution in [0.25, 0.3) is 0 Å². The fourth-order valence-corrected chi connectivity index (χ4v) is 5.11. The Morgan fingerprint density at radius 2 is 2.00 bits per heavy atom. The summed E-state index contributed by atoms with van der Waals surface area (Å²) in [5.74, 6) is 0.0514. The number of likely N-dealkylation sites (tertiary alicyclic amines) is 1. The van der Waals surface area contributed by atoms with Crippen LogP contribution in [0, 0.1) is 0 Å². The second-order valence-corrected chi connectivity index (χ2v) is 9.06. The third kappa shape index (κ3) is 3.88. The number of carbonyl (C=O) groups is 1. The van der Waals surface area contributed by atoms with Crippen LogP contribution in [0.5, 0.6) is 0 Å². The zero-order valence-electron chi connectivity index (χ0n) is 14.7. The Morgan fingerprint density at radius 3 is 2.64 bits per heavy atom. The van der Waals surface area contributed by atoms with Crippen LogP contribution in [0.4, 0.5) is 0 Å². The monoisotopic (exact) mass is 371 g/mol. The van der Waals surface area contributed by atoms with Crippen molar-refractivity contribution in [1.29, 1.82) is 0 Å². The number of hydrogen-bond donors (Lipinski definition) is 0. The normalized spacial score (nSPS) is 23.2. The topological polar surface area (TPSA) is 93.0 Å². The number of aromatic nitrogens is 1. The second kappa shape index (κ2) is 7.43. The maximum Gasteiger partial charge on any atom is 0.292 e. The molecule has 2 saturated heterocycles. The molecule has 0 saturated carbocycles. The summed E-state index contributed by atoms with van der Waals surface area (Å²) in [5, 5.41) is 3.34. The fourth-order valence-electron chi connectivity index (χ4n) is 3.20. The molecule has 25 heavy (non-hydrogen) atoms. The predicted octanol–water partition coefficient (Wildman–Crippen LogP) is 1.06. The summed E-state index contributed by atoms with van der Waals surface area (Å²) in [7, 11) is -3.43. The first-order valence-electron chi connectivity index (χ1n) is 8.72. The van der Waals surface area contributed by atoms with Crippen LogP contribution in [-0.2, 0) is 14.8 Å². The standard InChI is InChI=1S/C16H25N3O5S/c1-12(2)14-10-15(24-17-14)16(20)18-5-3-4-13(11-18)25(21,22)19-6-8-23-9-7-19/h10,12-13H,3-9,11H2,1-2H3/t13-/m1/s1. The average Bonchev–Trinajstić information content (AvgIpc) is 3.12. The Labute approximate surface area is 148 Å². The van der Waals surface area contributed by atoms with E-state index in [4.69, 9.17) is 9.26 Å². The predicted molar refractivity (Wildman–Crippen MR) is 90.8 cm³/mol. The summed E-state index contributed by atoms with van der Waals surface area (Å²) in [6, 6.07) is 1.65. The third-order valence-corrected chi connectivity index (χ3v) is 7.06. The molecule has 9 heteroatoms. The highest BCUT2D eigenvalue weighted by Crippen LogP contribution is 2.23. The minimum absolute atomic E-state index is 0.168. The molecule has 0 radical (unpaired) electrons. The van der Waals surface area contributed by atoms with Gasteiger partial charge < -0.3 is 14.2 Å². The van der Waals surface area contributed by atoms with Gasteiger partial charge >= 0.3 is 0 Å². The lowest BCUT2D eigenvalue weighted by Crippen LogP contribution is -2.51. The number of nitrogens with zero attached hydrogens (tertiary/aromatic N) is 3. The molecule has 1 aromatic heterocycles. The van der Waals surface area contributed by atoms with Crippen LogP contribution in [-0.4, -0.2) is 73.3 Å². The van der Waals surface area contributed by atoms with Crippen molar-refractivity contribution in [2.24, 2.45) is 0 Å². The quantitative estimate of drug-likeness (QED) is 0.786. The van der Waals surface area contributed by atoms with E-state index in [1.807, 2.05) is 13.8 Å². The van der Waals surface area contributed by atoms with Gasteiger partial charge in [0.15, 0.2) is 0 Å². The SMILES string of the molecule is CC(C)c1cc(C(=O)N2CCC[C@@H](S(=O)(=O)N3CCOCC3)C2)on1. The van der Waals surface area contributed by atoms with Gasteiger partial charge in [-0.25, -0.2) is 8.42 Å². The molecule has 3 heterocycles. The van der Waals surface area contributed by atoms with Gasteiger partial charge in [0, 0.05) is 32.2 Å². The van der Waals surface area contributed by atoms with E-state index in [0.29, 0.717) is 45.7 Å². The minimum Gasteiger partial charge on any atom is -0.379 e. The maximum atomic E-state index is 12.8. The Balaban J connectivity index is 1.70. The van der Waals surface area contributed by atoms with E-state index in [1.54, 1.807) is 11.0 Å². The number of rotatable bonds is 4. The van der Waals surface area contributed by atoms with E-state index < -0.39 is 15.3 Å². The molecule has 2 fully saturated rings. The fraction of sp³-hybridized carbons (Fsp3) is 0.750. The first kappa shape index (κ1) is 18.3. The Hall–Kier alpha value is -1.45. The van der Waals surface area contributed by atoms with E-state index in [-0.39, 0.29) is 24.1 Å². The largest absolute Gasteiger partial charge is 0.379 e. The van der Waals surface area contributed by atoms with Crippen molar-refractivity contribution < 1.29 is 22.5 Å². The van der Waals surface area contributed by atoms with Crippen LogP contribution in [0.2, 0.25) is 0 Å². The molecule has 0 bridgehead atoms. The van der Waals surface area contributed by atoms with Crippen molar-refractivity contribution in [2.45, 2.75) is 37.9 Å². The zero-order chi connectivity index (χ0) is 18.0. The van der Waals surface area contributed by atoms with E-state index in [0.717, 1.165) is 5.69 Å². The smallest absolute Gasteiger partial charge is 0.292 e. The first-order valence-corrected chi connectivity index (χ1v) is 10.2. The van der Waals surface area contributed by atoms with Gasteiger partial charge in [0.1, 0.15) is 0 Å². The van der Waals surface area contributed by atoms with Crippen molar-refractivity contribution in [3.05, 3.63) is 17.5 Å². The molecule has 0 unspecified atom stereocenters. The Morgan fingerprint density at radius 1 is 1.28 bits per heavy atom. The molecule has 3 rings (SSSR count). The Kier molecular flexibility index (Phi) is 5.45. The number of morpholine rings is 1. The highest BCUT2D eigenvalue weighted by molar-refractivity contribution is 7.89. The third-order valence-electron chi connectivity index (χ3n) is 4.75. The van der Waals surface area contributed by atoms with Gasteiger partial charge in [-0.05, 0) is 18.8 Å². The zero-order valence-corrected chi connectivity index (χ0v) is 15.5. The highest BCUT2D eigenvalue weighted by atomic mass is 32.2. The molecule has 1 amide bonds. The maximum absolute atomic E-state index is 12.8. The number of sulfonamides is 1. The molecule has 140 valence electrons. The summed E-state index contributed by atoms with van der Waals surface area (Å²) in [6.45, 7) is 6.27. The summed E-state index contributed by atoms with van der Waals surface area (Å²) >= 11 is 0. The molecule has 1 aromatic rings. The van der Waals surface area contributed by atoms with E-state index >= 15 is 0 Å². The van der Waals surface area contributed by atoms with Gasteiger partial charge in [-0.2, -0.15) is 4.31 Å². The molecule has 2 aliphatic rings. The highest BCUT2D eigenvalue weighted by Gasteiger charge is 2.38. The minimum atomic E-state index is -3.43. The first-order chi connectivity index (χ1) is 11.9. The number of amides is 1. The molecule has 2 aliphatic heterocycles. The van der Waals surface area contributed by atoms with Gasteiger partial charge in [-0.3, -0.25) is 4.79 Å². The summed E-state index contributed by atoms with van der Waals surface area (Å²) in [4.78, 5) is 14.2. The molecule has 0 spiro atoms. The summed E-state index contributed by atoms with van der Waals surface area (Å²) in [6.07, 6.45) is 1.22. The van der Waals surface area contributed by atoms with Gasteiger partial charge in [-0.1, -0.05) is 19.0 Å². The van der Waals surface area contributed by atoms with E-state index in [9.17, 15) is 13.2 Å². The molecule has 0 aliphatic carbocycles. The number of piperidine rings is 1. The molecule has 1 atom stereocenters. The van der Waals surface area contributed by atoms with Gasteiger partial charge in [0.25, 0.3) is 5.91 Å². The summed E-state index contributed by atoms with van der Waals surface area (Å²) < 4.78 is 37.5. The van der Waals surface area contributed by atoms with E-state index in [1.165, 1.54) is 4.31 Å². The van der Waals surface area contributed by atoms with Gasteiger partial charge in [0.05, 0.1) is 24.2 Å². The van der Waals surface area contributed by atoms with E-state index in [2.05, 4.69) is 5.16 Å². The van der Waals surface area contributed by atoms with Crippen LogP contribution in [0.1, 0.15) is 48.9 Å². The molecule has 0 aromatic carbocycles. The van der Waals surface area contributed by atoms with Crippen molar-refractivity contribution in [1.82, 2.24) is 14.4 Å². The summed E-state index contributed by atoms with van der Waals surface area (Å²) in [5.41, 5.74) is 0.720. The number of hydrogen-bond acceptors (Lipinski definition) is 6. The number of ether oxygens (including phenoxy) is 1. The Bertz CT molecular complexity index is 709. The van der Waals surface area contributed by atoms with Crippen molar-refractivity contribution in [2.75, 3.05) is 39.4 Å². The van der Waals surface area contributed by atoms with Crippen LogP contribution in [0.15, 0.2) is 10.6 Å². The second-order valence-electron chi connectivity index (χ2n) is 6.84. The average molecular weight is 371 g/mol. The molecular weight excluding hydrogens is 346 g/mol. The van der Waals surface area contributed by atoms with Crippen molar-refractivity contribution in [3.63, 3.8) is 0 Å². The van der Waals surface area contributed by atoms with Crippen LogP contribution in [0.3, 0.4) is 0 Å². The van der Waals surface area contributed by atoms with Crippen molar-refractivity contribution >= 4 is 15.9 Å².